The van der Waals surface area contributed by atoms with Crippen molar-refractivity contribution in [2.24, 2.45) is 0 Å². The van der Waals surface area contributed by atoms with Gasteiger partial charge in [0.25, 0.3) is 10.1 Å². The van der Waals surface area contributed by atoms with Crippen LogP contribution in [-0.4, -0.2) is 39.1 Å². The van der Waals surface area contributed by atoms with Crippen LogP contribution in [-0.2, 0) is 28.2 Å². The number of halogens is 3. The predicted octanol–water partition coefficient (Wildman–Crippen LogP) is 1.20. The Labute approximate surface area is 96.1 Å². The highest BCUT2D eigenvalue weighted by molar-refractivity contribution is 7.86. The van der Waals surface area contributed by atoms with Crippen LogP contribution in [0.1, 0.15) is 6.92 Å². The third-order valence-corrected chi connectivity index (χ3v) is 3.14. The average molecular weight is 297 g/mol. The normalized spacial score (nSPS) is 15.5. The highest BCUT2D eigenvalue weighted by Crippen LogP contribution is 2.36. The molecule has 0 aromatic rings. The molecular weight excluding hydrogens is 288 g/mol. The van der Waals surface area contributed by atoms with E-state index in [1.165, 1.54) is 6.92 Å². The summed E-state index contributed by atoms with van der Waals surface area (Å²) < 4.78 is 76.7. The summed E-state index contributed by atoms with van der Waals surface area (Å²) in [5, 5.41) is 0. The molecule has 17 heavy (non-hydrogen) atoms. The lowest BCUT2D eigenvalue weighted by Gasteiger charge is -2.07. The van der Waals surface area contributed by atoms with Gasteiger partial charge in [-0.2, -0.15) is 21.6 Å². The molecule has 0 aliphatic rings. The summed E-state index contributed by atoms with van der Waals surface area (Å²) in [6.07, 6.45) is -4.93. The van der Waals surface area contributed by atoms with Crippen LogP contribution < -0.4 is 0 Å². The Kier molecular flexibility index (Phi) is 5.66. The van der Waals surface area contributed by atoms with Crippen molar-refractivity contribution in [2.45, 2.75) is 18.9 Å². The number of carbonyl (C=O) groups excluding carboxylic acids is 1. The lowest BCUT2D eigenvalue weighted by Crippen LogP contribution is -2.35. The molecule has 0 N–H and O–H groups in total. The van der Waals surface area contributed by atoms with Crippen molar-refractivity contribution in [3.05, 3.63) is 0 Å². The average Bonchev–Trinajstić information content (AvgIpc) is 2.10. The molecule has 0 saturated heterocycles. The fraction of sp³-hybridized carbons (Fsp3) is 0.833. The third-order valence-electron chi connectivity index (χ3n) is 1.22. The molecule has 11 heteroatoms. The smallest absolute Gasteiger partial charge is 0.281 e. The molecule has 0 rings (SSSR count). The topological polar surface area (TPSA) is 86.7 Å². The Balaban J connectivity index is 5.13. The van der Waals surface area contributed by atoms with Crippen molar-refractivity contribution in [1.82, 2.24) is 0 Å². The second-order valence-electron chi connectivity index (χ2n) is 2.72. The van der Waals surface area contributed by atoms with Crippen molar-refractivity contribution in [1.29, 1.82) is 0 Å². The van der Waals surface area contributed by atoms with Gasteiger partial charge in [0.05, 0.1) is 12.9 Å². The van der Waals surface area contributed by atoms with E-state index in [1.54, 1.807) is 0 Å². The Morgan fingerprint density at radius 1 is 1.41 bits per heavy atom. The van der Waals surface area contributed by atoms with Crippen LogP contribution in [0.15, 0.2) is 0 Å². The molecule has 0 bridgehead atoms. The summed E-state index contributed by atoms with van der Waals surface area (Å²) in [5.41, 5.74) is 0. The van der Waals surface area contributed by atoms with Crippen molar-refractivity contribution < 1.29 is 39.7 Å². The fourth-order valence-corrected chi connectivity index (χ4v) is 2.57. The van der Waals surface area contributed by atoms with Crippen LogP contribution in [0.5, 0.6) is 0 Å². The van der Waals surface area contributed by atoms with Crippen LogP contribution in [0.25, 0.3) is 0 Å². The first-order valence-electron chi connectivity index (χ1n) is 4.07. The van der Waals surface area contributed by atoms with E-state index in [0.29, 0.717) is 6.26 Å². The quantitative estimate of drug-likeness (QED) is 0.541. The molecule has 100 valence electrons. The molecule has 2 atom stereocenters. The number of carbonyl (C=O) groups is 1. The largest absolute Gasteiger partial charge is 0.550 e. The second kappa shape index (κ2) is 5.85. The van der Waals surface area contributed by atoms with Gasteiger partial charge in [0.2, 0.25) is 0 Å². The van der Waals surface area contributed by atoms with Gasteiger partial charge >= 0.3 is 25.8 Å². The molecule has 0 saturated carbocycles. The molecular formula is C6H9F3O6PS+. The zero-order valence-corrected chi connectivity index (χ0v) is 10.4. The Morgan fingerprint density at radius 2 is 1.88 bits per heavy atom. The number of alkyl halides is 3. The van der Waals surface area contributed by atoms with Crippen molar-refractivity contribution in [3.8, 4) is 0 Å². The van der Waals surface area contributed by atoms with Crippen molar-refractivity contribution >= 4 is 23.9 Å². The first-order valence-corrected chi connectivity index (χ1v) is 7.14. The van der Waals surface area contributed by atoms with Crippen LogP contribution in [0.3, 0.4) is 0 Å². The summed E-state index contributed by atoms with van der Waals surface area (Å²) in [6, 6.07) is 0. The molecule has 0 heterocycles. The molecule has 0 spiro atoms. The van der Waals surface area contributed by atoms with E-state index >= 15 is 0 Å². The zero-order chi connectivity index (χ0) is 13.9. The minimum absolute atomic E-state index is 0.260. The standard InChI is InChI=1S/C6H9F3O6PS/c1-3-14-16(11)5(15-17(2,12)13)4(10)6(7,8)9/h5H,3H2,1-2H3/q+1. The van der Waals surface area contributed by atoms with E-state index in [-0.39, 0.29) is 6.61 Å². The Hall–Kier alpha value is -0.570. The number of hydrogen-bond donors (Lipinski definition) is 0. The summed E-state index contributed by atoms with van der Waals surface area (Å²) >= 11 is 0. The van der Waals surface area contributed by atoms with Gasteiger partial charge in [-0.25, -0.2) is 4.18 Å². The van der Waals surface area contributed by atoms with Crippen LogP contribution in [0.2, 0.25) is 0 Å². The first kappa shape index (κ1) is 16.4. The summed E-state index contributed by atoms with van der Waals surface area (Å²) in [7, 11) is -7.61. The summed E-state index contributed by atoms with van der Waals surface area (Å²) in [4.78, 5) is 10.8. The molecule has 6 nitrogen and oxygen atoms in total. The van der Waals surface area contributed by atoms with Gasteiger partial charge in [-0.3, -0.25) is 4.79 Å². The van der Waals surface area contributed by atoms with E-state index in [1.807, 2.05) is 0 Å². The monoisotopic (exact) mass is 297 g/mol. The van der Waals surface area contributed by atoms with Gasteiger partial charge in [-0.1, -0.05) is 0 Å². The number of rotatable bonds is 6. The van der Waals surface area contributed by atoms with Gasteiger partial charge in [0.15, 0.2) is 0 Å². The van der Waals surface area contributed by atoms with Gasteiger partial charge in [-0.05, 0) is 11.5 Å². The zero-order valence-electron chi connectivity index (χ0n) is 8.72. The molecule has 0 fully saturated rings. The molecule has 0 amide bonds. The Bertz CT molecular complexity index is 402. The molecule has 0 aromatic carbocycles. The van der Waals surface area contributed by atoms with Crippen molar-refractivity contribution in [3.63, 3.8) is 0 Å². The lowest BCUT2D eigenvalue weighted by atomic mass is 10.4. The van der Waals surface area contributed by atoms with E-state index in [0.717, 1.165) is 0 Å². The number of ketones is 1. The first-order chi connectivity index (χ1) is 7.49. The predicted molar refractivity (Wildman–Crippen MR) is 50.0 cm³/mol. The second-order valence-corrected chi connectivity index (χ2v) is 5.62. The van der Waals surface area contributed by atoms with Gasteiger partial charge in [0.1, 0.15) is 0 Å². The van der Waals surface area contributed by atoms with Crippen LogP contribution in [0, 0.1) is 0 Å². The molecule has 0 aliphatic heterocycles. The highest BCUT2D eigenvalue weighted by atomic mass is 32.2. The van der Waals surface area contributed by atoms with E-state index < -0.39 is 36.0 Å². The van der Waals surface area contributed by atoms with Crippen molar-refractivity contribution in [2.75, 3.05) is 12.9 Å². The SMILES string of the molecule is CCO[P+](=O)C(OS(C)(=O)=O)C(=O)C(F)(F)F. The van der Waals surface area contributed by atoms with Gasteiger partial charge in [0, 0.05) is 0 Å². The minimum atomic E-state index is -5.36. The summed E-state index contributed by atoms with van der Waals surface area (Å²) in [6.45, 7) is 1.05. The lowest BCUT2D eigenvalue weighted by molar-refractivity contribution is -0.175. The number of hydrogen-bond acceptors (Lipinski definition) is 6. The van der Waals surface area contributed by atoms with E-state index in [2.05, 4.69) is 8.71 Å². The molecule has 0 radical (unpaired) electrons. The molecule has 0 aliphatic carbocycles. The Morgan fingerprint density at radius 3 is 2.18 bits per heavy atom. The maximum atomic E-state index is 12.1. The van der Waals surface area contributed by atoms with Crippen LogP contribution >= 0.6 is 8.03 Å². The van der Waals surface area contributed by atoms with Crippen LogP contribution in [0.4, 0.5) is 13.2 Å². The number of Topliss-reactive ketones (excluding diaryl/α,β-unsaturated/α-hetero) is 1. The maximum Gasteiger partial charge on any atom is 0.550 e. The summed E-state index contributed by atoms with van der Waals surface area (Å²) in [5.74, 6) is -5.28. The highest BCUT2D eigenvalue weighted by Gasteiger charge is 2.56. The molecule has 2 unspecified atom stereocenters. The third kappa shape index (κ3) is 6.06. The maximum absolute atomic E-state index is 12.1. The minimum Gasteiger partial charge on any atom is -0.281 e. The van der Waals surface area contributed by atoms with Gasteiger partial charge < -0.3 is 0 Å². The van der Waals surface area contributed by atoms with Gasteiger partial charge in [-0.15, -0.1) is 4.52 Å². The van der Waals surface area contributed by atoms with E-state index in [4.69, 9.17) is 0 Å². The fourth-order valence-electron chi connectivity index (χ4n) is 0.675. The molecule has 0 aromatic heterocycles. The van der Waals surface area contributed by atoms with E-state index in [9.17, 15) is 30.9 Å².